The maximum atomic E-state index is 11.4. The molecule has 3 rings (SSSR count). The van der Waals surface area contributed by atoms with Gasteiger partial charge in [0.05, 0.1) is 10.6 Å². The summed E-state index contributed by atoms with van der Waals surface area (Å²) in [5.74, 6) is 0. The van der Waals surface area contributed by atoms with Crippen LogP contribution in [0.1, 0.15) is 25.7 Å². The average molecular weight is 361 g/mol. The van der Waals surface area contributed by atoms with E-state index in [2.05, 4.69) is 54.1 Å². The third kappa shape index (κ3) is 3.83. The van der Waals surface area contributed by atoms with E-state index in [1.807, 2.05) is 18.4 Å². The molecule has 6 heteroatoms. The first-order chi connectivity index (χ1) is 11.0. The number of aromatic nitrogens is 1. The molecule has 0 amide bonds. The SMILES string of the molecule is Cc1ccc(CNc2nc(-c3cc(C(=O)S)sc3C)cs2)cc1. The zero-order valence-electron chi connectivity index (χ0n) is 12.8. The largest absolute Gasteiger partial charge is 0.357 e. The predicted molar refractivity (Wildman–Crippen MR) is 102 cm³/mol. The van der Waals surface area contributed by atoms with Crippen molar-refractivity contribution in [2.45, 2.75) is 20.4 Å². The summed E-state index contributed by atoms with van der Waals surface area (Å²) in [6.07, 6.45) is 0. The van der Waals surface area contributed by atoms with Crippen LogP contribution in [-0.4, -0.2) is 10.1 Å². The molecule has 0 atom stereocenters. The van der Waals surface area contributed by atoms with Crippen molar-refractivity contribution in [1.29, 1.82) is 0 Å². The van der Waals surface area contributed by atoms with Gasteiger partial charge >= 0.3 is 0 Å². The summed E-state index contributed by atoms with van der Waals surface area (Å²) in [4.78, 5) is 17.7. The average Bonchev–Trinajstić information content (AvgIpc) is 3.13. The van der Waals surface area contributed by atoms with Crippen molar-refractivity contribution in [3.05, 3.63) is 56.6 Å². The summed E-state index contributed by atoms with van der Waals surface area (Å²) < 4.78 is 0. The number of anilines is 1. The van der Waals surface area contributed by atoms with Crippen LogP contribution in [0.5, 0.6) is 0 Å². The highest BCUT2D eigenvalue weighted by molar-refractivity contribution is 7.97. The fourth-order valence-electron chi connectivity index (χ4n) is 2.20. The van der Waals surface area contributed by atoms with E-state index >= 15 is 0 Å². The third-order valence-electron chi connectivity index (χ3n) is 3.47. The normalized spacial score (nSPS) is 10.7. The molecule has 0 saturated carbocycles. The van der Waals surface area contributed by atoms with Crippen molar-refractivity contribution in [3.8, 4) is 11.3 Å². The molecule has 1 aromatic carbocycles. The lowest BCUT2D eigenvalue weighted by Gasteiger charge is -2.03. The summed E-state index contributed by atoms with van der Waals surface area (Å²) in [5.41, 5.74) is 4.39. The van der Waals surface area contributed by atoms with Gasteiger partial charge in [-0.2, -0.15) is 0 Å². The van der Waals surface area contributed by atoms with Gasteiger partial charge in [-0.25, -0.2) is 4.98 Å². The summed E-state index contributed by atoms with van der Waals surface area (Å²) in [6.45, 7) is 4.83. The van der Waals surface area contributed by atoms with E-state index in [1.54, 1.807) is 11.3 Å². The molecule has 118 valence electrons. The molecule has 23 heavy (non-hydrogen) atoms. The Labute approximate surface area is 148 Å². The molecular weight excluding hydrogens is 344 g/mol. The topological polar surface area (TPSA) is 42.0 Å². The number of benzene rings is 1. The van der Waals surface area contributed by atoms with E-state index in [4.69, 9.17) is 0 Å². The number of nitrogens with one attached hydrogen (secondary N) is 1. The maximum absolute atomic E-state index is 11.4. The molecule has 2 aromatic heterocycles. The lowest BCUT2D eigenvalue weighted by atomic mass is 10.1. The van der Waals surface area contributed by atoms with E-state index in [1.165, 1.54) is 22.5 Å². The summed E-state index contributed by atoms with van der Waals surface area (Å²) in [6, 6.07) is 10.3. The van der Waals surface area contributed by atoms with E-state index in [0.717, 1.165) is 27.8 Å². The van der Waals surface area contributed by atoms with Crippen molar-refractivity contribution >= 4 is 45.5 Å². The number of rotatable bonds is 5. The molecule has 0 radical (unpaired) electrons. The van der Waals surface area contributed by atoms with Gasteiger partial charge in [0.2, 0.25) is 5.12 Å². The van der Waals surface area contributed by atoms with Gasteiger partial charge in [-0.1, -0.05) is 42.5 Å². The molecule has 1 N–H and O–H groups in total. The van der Waals surface area contributed by atoms with E-state index in [9.17, 15) is 4.79 Å². The number of hydrogen-bond donors (Lipinski definition) is 2. The number of nitrogens with zero attached hydrogens (tertiary/aromatic N) is 1. The zero-order valence-corrected chi connectivity index (χ0v) is 15.3. The van der Waals surface area contributed by atoms with Crippen LogP contribution in [0.2, 0.25) is 0 Å². The number of thiophene rings is 1. The van der Waals surface area contributed by atoms with Crippen LogP contribution in [0.15, 0.2) is 35.7 Å². The highest BCUT2D eigenvalue weighted by Crippen LogP contribution is 2.33. The number of hydrogen-bond acceptors (Lipinski definition) is 5. The molecule has 3 nitrogen and oxygen atoms in total. The van der Waals surface area contributed by atoms with E-state index < -0.39 is 0 Å². The Bertz CT molecular complexity index is 834. The molecule has 0 saturated heterocycles. The smallest absolute Gasteiger partial charge is 0.226 e. The molecule has 0 fully saturated rings. The van der Waals surface area contributed by atoms with Crippen LogP contribution < -0.4 is 5.32 Å². The number of carbonyl (C=O) groups is 1. The fraction of sp³-hybridized carbons (Fsp3) is 0.176. The summed E-state index contributed by atoms with van der Waals surface area (Å²) in [7, 11) is 0. The van der Waals surface area contributed by atoms with Gasteiger partial charge in [-0.05, 0) is 25.5 Å². The van der Waals surface area contributed by atoms with E-state index in [0.29, 0.717) is 4.88 Å². The molecular formula is C17H16N2OS3. The molecule has 0 aliphatic rings. The zero-order chi connectivity index (χ0) is 16.4. The maximum Gasteiger partial charge on any atom is 0.226 e. The van der Waals surface area contributed by atoms with Crippen LogP contribution in [0.4, 0.5) is 5.13 Å². The van der Waals surface area contributed by atoms with Gasteiger partial charge in [0.1, 0.15) is 0 Å². The van der Waals surface area contributed by atoms with Crippen molar-refractivity contribution in [1.82, 2.24) is 4.98 Å². The molecule has 0 aliphatic carbocycles. The molecule has 0 spiro atoms. The monoisotopic (exact) mass is 360 g/mol. The minimum Gasteiger partial charge on any atom is -0.357 e. The first-order valence-electron chi connectivity index (χ1n) is 7.12. The van der Waals surface area contributed by atoms with Gasteiger partial charge in [0, 0.05) is 22.4 Å². The van der Waals surface area contributed by atoms with Crippen LogP contribution in [0, 0.1) is 13.8 Å². The Morgan fingerprint density at radius 3 is 2.65 bits per heavy atom. The van der Waals surface area contributed by atoms with Crippen LogP contribution in [0.3, 0.4) is 0 Å². The number of thiazole rings is 1. The third-order valence-corrected chi connectivity index (χ3v) is 5.71. The molecule has 2 heterocycles. The van der Waals surface area contributed by atoms with Crippen LogP contribution in [0.25, 0.3) is 11.3 Å². The van der Waals surface area contributed by atoms with Crippen LogP contribution >= 0.6 is 35.3 Å². The number of thiol groups is 1. The van der Waals surface area contributed by atoms with Gasteiger partial charge < -0.3 is 5.32 Å². The molecule has 0 bridgehead atoms. The second-order valence-corrected chi connectivity index (χ2v) is 7.78. The van der Waals surface area contributed by atoms with Gasteiger partial charge in [0.25, 0.3) is 0 Å². The Balaban J connectivity index is 1.73. The Hall–Kier alpha value is -1.63. The Morgan fingerprint density at radius 2 is 2.00 bits per heavy atom. The van der Waals surface area contributed by atoms with E-state index in [-0.39, 0.29) is 5.12 Å². The lowest BCUT2D eigenvalue weighted by molar-refractivity contribution is 0.109. The lowest BCUT2D eigenvalue weighted by Crippen LogP contribution is -1.98. The molecule has 0 aliphatic heterocycles. The number of carbonyl (C=O) groups excluding carboxylic acids is 1. The predicted octanol–water partition coefficient (Wildman–Crippen LogP) is 5.17. The molecule has 3 aromatic rings. The first-order valence-corrected chi connectivity index (χ1v) is 9.26. The summed E-state index contributed by atoms with van der Waals surface area (Å²) in [5, 5.41) is 6.04. The van der Waals surface area contributed by atoms with Gasteiger partial charge in [-0.15, -0.1) is 22.7 Å². The first kappa shape index (κ1) is 16.2. The highest BCUT2D eigenvalue weighted by Gasteiger charge is 2.13. The molecule has 0 unspecified atom stereocenters. The second kappa shape index (κ2) is 6.86. The fourth-order valence-corrected chi connectivity index (χ4v) is 3.98. The van der Waals surface area contributed by atoms with Gasteiger partial charge in [-0.3, -0.25) is 4.79 Å². The van der Waals surface area contributed by atoms with Gasteiger partial charge in [0.15, 0.2) is 5.13 Å². The van der Waals surface area contributed by atoms with Crippen molar-refractivity contribution in [3.63, 3.8) is 0 Å². The van der Waals surface area contributed by atoms with Crippen molar-refractivity contribution < 1.29 is 4.79 Å². The summed E-state index contributed by atoms with van der Waals surface area (Å²) >= 11 is 6.92. The van der Waals surface area contributed by atoms with Crippen LogP contribution in [-0.2, 0) is 6.54 Å². The Kier molecular flexibility index (Phi) is 4.84. The van der Waals surface area contributed by atoms with Crippen molar-refractivity contribution in [2.75, 3.05) is 5.32 Å². The minimum atomic E-state index is -0.197. The van der Waals surface area contributed by atoms with Crippen molar-refractivity contribution in [2.24, 2.45) is 0 Å². The standard InChI is InChI=1S/C17H16N2OS3/c1-10-3-5-12(6-4-10)8-18-17-19-14(9-22-17)13-7-15(16(20)21)23-11(13)2/h3-7,9H,8H2,1-2H3,(H,18,19)(H,20,21). The quantitative estimate of drug-likeness (QED) is 0.617. The highest BCUT2D eigenvalue weighted by atomic mass is 32.1. The second-order valence-electron chi connectivity index (χ2n) is 5.26. The Morgan fingerprint density at radius 1 is 1.26 bits per heavy atom. The minimum absolute atomic E-state index is 0.197. The number of aryl methyl sites for hydroxylation is 2.